The molecule has 1 saturated heterocycles. The highest BCUT2D eigenvalue weighted by atomic mass is 79.9. The Balaban J connectivity index is 1.45. The third-order valence-corrected chi connectivity index (χ3v) is 6.83. The van der Waals surface area contributed by atoms with Crippen molar-refractivity contribution in [2.75, 3.05) is 23.3 Å². The highest BCUT2D eigenvalue weighted by Gasteiger charge is 2.47. The van der Waals surface area contributed by atoms with Crippen molar-refractivity contribution in [2.45, 2.75) is 31.4 Å². The first-order valence-electron chi connectivity index (χ1n) is 11.1. The van der Waals surface area contributed by atoms with Crippen LogP contribution in [0.25, 0.3) is 0 Å². The molecule has 35 heavy (non-hydrogen) atoms. The molecule has 3 heterocycles. The molecule has 3 aromatic rings. The minimum absolute atomic E-state index is 0.200. The summed E-state index contributed by atoms with van der Waals surface area (Å²) >= 11 is 3.48. The van der Waals surface area contributed by atoms with Gasteiger partial charge in [-0.15, -0.1) is 13.2 Å². The van der Waals surface area contributed by atoms with Crippen LogP contribution in [0, 0.1) is 0 Å². The summed E-state index contributed by atoms with van der Waals surface area (Å²) in [5, 5.41) is 3.59. The summed E-state index contributed by atoms with van der Waals surface area (Å²) in [6.07, 6.45) is -1.76. The molecule has 0 unspecified atom stereocenters. The van der Waals surface area contributed by atoms with Gasteiger partial charge in [0, 0.05) is 54.5 Å². The van der Waals surface area contributed by atoms with E-state index in [1.54, 1.807) is 23.2 Å². The maximum atomic E-state index is 13.7. The third-order valence-electron chi connectivity index (χ3n) is 6.33. The largest absolute Gasteiger partial charge is 0.573 e. The van der Waals surface area contributed by atoms with Crippen molar-refractivity contribution in [2.24, 2.45) is 0 Å². The van der Waals surface area contributed by atoms with Gasteiger partial charge in [-0.2, -0.15) is 0 Å². The molecular weight excluding hydrogens is 525 g/mol. The fourth-order valence-corrected chi connectivity index (χ4v) is 5.10. The number of nitrogens with one attached hydrogen (secondary N) is 1. The predicted molar refractivity (Wildman–Crippen MR) is 129 cm³/mol. The van der Waals surface area contributed by atoms with Crippen LogP contribution in [0.4, 0.5) is 24.5 Å². The summed E-state index contributed by atoms with van der Waals surface area (Å²) < 4.78 is 42.7. The van der Waals surface area contributed by atoms with Crippen molar-refractivity contribution in [1.29, 1.82) is 0 Å². The summed E-state index contributed by atoms with van der Waals surface area (Å²) in [6, 6.07) is 16.7. The van der Waals surface area contributed by atoms with Gasteiger partial charge in [0.05, 0.1) is 11.3 Å². The zero-order chi connectivity index (χ0) is 24.6. The van der Waals surface area contributed by atoms with E-state index in [0.717, 1.165) is 15.9 Å². The lowest BCUT2D eigenvalue weighted by molar-refractivity contribution is -0.274. The van der Waals surface area contributed by atoms with E-state index >= 15 is 0 Å². The van der Waals surface area contributed by atoms with Gasteiger partial charge in [-0.3, -0.25) is 19.6 Å². The van der Waals surface area contributed by atoms with Gasteiger partial charge in [-0.25, -0.2) is 0 Å². The van der Waals surface area contributed by atoms with E-state index in [1.165, 1.54) is 24.3 Å². The molecule has 2 aliphatic rings. The molecule has 1 fully saturated rings. The van der Waals surface area contributed by atoms with Gasteiger partial charge in [0.2, 0.25) is 0 Å². The van der Waals surface area contributed by atoms with Gasteiger partial charge >= 0.3 is 6.36 Å². The van der Waals surface area contributed by atoms with Crippen molar-refractivity contribution in [3.05, 3.63) is 82.6 Å². The average molecular weight is 547 g/mol. The maximum Gasteiger partial charge on any atom is 0.573 e. The van der Waals surface area contributed by atoms with E-state index in [2.05, 4.69) is 35.9 Å². The first-order chi connectivity index (χ1) is 16.7. The predicted octanol–water partition coefficient (Wildman–Crippen LogP) is 5.81. The number of carbonyl (C=O) groups excluding carboxylic acids is 1. The lowest BCUT2D eigenvalue weighted by atomic mass is 9.89. The molecule has 1 spiro atoms. The SMILES string of the molecule is O=C1c2ccc(Br)cc2NC2(CCN(Cc3ccccn3)CC2)N1c1ccc(OC(F)(F)F)cc1. The Labute approximate surface area is 208 Å². The van der Waals surface area contributed by atoms with E-state index in [0.29, 0.717) is 43.7 Å². The summed E-state index contributed by atoms with van der Waals surface area (Å²) in [5.74, 6) is -0.531. The Morgan fingerprint density at radius 1 is 1.06 bits per heavy atom. The number of hydrogen-bond donors (Lipinski definition) is 1. The number of rotatable bonds is 4. The molecule has 0 aliphatic carbocycles. The van der Waals surface area contributed by atoms with Crippen LogP contribution in [0.3, 0.4) is 0 Å². The summed E-state index contributed by atoms with van der Waals surface area (Å²) in [5.41, 5.74) is 1.99. The summed E-state index contributed by atoms with van der Waals surface area (Å²) in [7, 11) is 0. The maximum absolute atomic E-state index is 13.7. The molecule has 0 saturated carbocycles. The van der Waals surface area contributed by atoms with E-state index in [-0.39, 0.29) is 11.7 Å². The van der Waals surface area contributed by atoms with Gasteiger partial charge in [-0.1, -0.05) is 22.0 Å². The molecule has 10 heteroatoms. The number of ether oxygens (including phenoxy) is 1. The number of carbonyl (C=O) groups is 1. The number of halogens is 4. The first-order valence-corrected chi connectivity index (χ1v) is 11.9. The second-order valence-electron chi connectivity index (χ2n) is 8.63. The number of aromatic nitrogens is 1. The third kappa shape index (κ3) is 4.99. The Bertz CT molecular complexity index is 1210. The van der Waals surface area contributed by atoms with E-state index < -0.39 is 12.0 Å². The normalized spacial score (nSPS) is 17.7. The molecule has 1 N–H and O–H groups in total. The van der Waals surface area contributed by atoms with Gasteiger partial charge in [0.25, 0.3) is 5.91 Å². The molecule has 6 nitrogen and oxygen atoms in total. The molecule has 0 bridgehead atoms. The number of alkyl halides is 3. The van der Waals surface area contributed by atoms with Gasteiger partial charge in [-0.05, 0) is 54.6 Å². The zero-order valence-electron chi connectivity index (χ0n) is 18.6. The molecule has 1 amide bonds. The minimum atomic E-state index is -4.78. The van der Waals surface area contributed by atoms with Gasteiger partial charge in [0.15, 0.2) is 0 Å². The topological polar surface area (TPSA) is 57.7 Å². The molecule has 1 aromatic heterocycles. The number of anilines is 2. The highest BCUT2D eigenvalue weighted by molar-refractivity contribution is 9.10. The number of amides is 1. The number of piperidine rings is 1. The molecule has 2 aliphatic heterocycles. The average Bonchev–Trinajstić information content (AvgIpc) is 2.81. The fourth-order valence-electron chi connectivity index (χ4n) is 4.74. The number of pyridine rings is 1. The van der Waals surface area contributed by atoms with Crippen molar-refractivity contribution >= 4 is 33.2 Å². The number of fused-ring (bicyclic) bond motifs is 1. The van der Waals surface area contributed by atoms with Crippen LogP contribution in [0.2, 0.25) is 0 Å². The van der Waals surface area contributed by atoms with Crippen LogP contribution in [0.1, 0.15) is 28.9 Å². The smallest absolute Gasteiger partial charge is 0.406 e. The lowest BCUT2D eigenvalue weighted by Gasteiger charge is -2.52. The minimum Gasteiger partial charge on any atom is -0.406 e. The zero-order valence-corrected chi connectivity index (χ0v) is 20.1. The van der Waals surface area contributed by atoms with Crippen LogP contribution in [0.5, 0.6) is 5.75 Å². The van der Waals surface area contributed by atoms with Gasteiger partial charge in [0.1, 0.15) is 11.4 Å². The van der Waals surface area contributed by atoms with Crippen LogP contribution in [-0.2, 0) is 6.54 Å². The van der Waals surface area contributed by atoms with Crippen molar-refractivity contribution in [3.8, 4) is 5.75 Å². The summed E-state index contributed by atoms with van der Waals surface area (Å²) in [4.78, 5) is 22.1. The van der Waals surface area contributed by atoms with Crippen LogP contribution in [0.15, 0.2) is 71.3 Å². The second-order valence-corrected chi connectivity index (χ2v) is 9.54. The summed E-state index contributed by atoms with van der Waals surface area (Å²) in [6.45, 7) is 2.13. The Morgan fingerprint density at radius 2 is 1.80 bits per heavy atom. The van der Waals surface area contributed by atoms with E-state index in [1.807, 2.05) is 24.3 Å². The molecular formula is C25H22BrF3N4O2. The lowest BCUT2D eigenvalue weighted by Crippen LogP contribution is -2.64. The van der Waals surface area contributed by atoms with Crippen molar-refractivity contribution in [3.63, 3.8) is 0 Å². The molecule has 2 aromatic carbocycles. The first kappa shape index (κ1) is 23.6. The Hall–Kier alpha value is -3.11. The van der Waals surface area contributed by atoms with E-state index in [9.17, 15) is 18.0 Å². The number of nitrogens with zero attached hydrogens (tertiary/aromatic N) is 3. The van der Waals surface area contributed by atoms with Crippen molar-refractivity contribution in [1.82, 2.24) is 9.88 Å². The molecule has 0 radical (unpaired) electrons. The second kappa shape index (κ2) is 9.16. The molecule has 5 rings (SSSR count). The number of benzene rings is 2. The Morgan fingerprint density at radius 3 is 2.46 bits per heavy atom. The van der Waals surface area contributed by atoms with Crippen LogP contribution < -0.4 is 15.0 Å². The van der Waals surface area contributed by atoms with E-state index in [4.69, 9.17) is 0 Å². The standard InChI is InChI=1S/C25H22BrF3N4O2/c26-17-4-9-21-22(15-17)31-24(10-13-32(14-11-24)16-18-3-1-2-12-30-18)33(23(21)34)19-5-7-20(8-6-19)35-25(27,28)29/h1-9,12,15,31H,10-11,13-14,16H2. The highest BCUT2D eigenvalue weighted by Crippen LogP contribution is 2.42. The number of likely N-dealkylation sites (tertiary alicyclic amines) is 1. The van der Waals surface area contributed by atoms with Crippen LogP contribution in [-0.4, -0.2) is 40.9 Å². The van der Waals surface area contributed by atoms with Gasteiger partial charge < -0.3 is 10.1 Å². The fraction of sp³-hybridized carbons (Fsp3) is 0.280. The number of hydrogen-bond acceptors (Lipinski definition) is 5. The Kier molecular flexibility index (Phi) is 6.18. The monoisotopic (exact) mass is 546 g/mol. The van der Waals surface area contributed by atoms with Crippen LogP contribution >= 0.6 is 15.9 Å². The molecule has 182 valence electrons. The molecule has 0 atom stereocenters. The quantitative estimate of drug-likeness (QED) is 0.447. The van der Waals surface area contributed by atoms with Crippen molar-refractivity contribution < 1.29 is 22.7 Å².